The van der Waals surface area contributed by atoms with Gasteiger partial charge >= 0.3 is 0 Å². The van der Waals surface area contributed by atoms with Crippen LogP contribution in [0.5, 0.6) is 0 Å². The van der Waals surface area contributed by atoms with Crippen LogP contribution in [0.15, 0.2) is 18.2 Å². The van der Waals surface area contributed by atoms with Crippen molar-refractivity contribution in [3.05, 3.63) is 44.0 Å². The SMILES string of the molecule is CCCNC(=O)CCNC(=O)c1cc([N+](=O)[O-])cc([N+](=O)[O-])c1. The molecule has 1 aromatic rings. The molecule has 0 radical (unpaired) electrons. The first kappa shape index (κ1) is 18.0. The van der Waals surface area contributed by atoms with Gasteiger partial charge < -0.3 is 10.6 Å². The minimum atomic E-state index is -0.817. The molecule has 10 heteroatoms. The number of non-ortho nitro benzene ring substituents is 2. The van der Waals surface area contributed by atoms with Gasteiger partial charge in [0.1, 0.15) is 0 Å². The highest BCUT2D eigenvalue weighted by atomic mass is 16.6. The molecule has 0 saturated carbocycles. The highest BCUT2D eigenvalue weighted by Crippen LogP contribution is 2.22. The van der Waals surface area contributed by atoms with Gasteiger partial charge in [-0.05, 0) is 6.42 Å². The summed E-state index contributed by atoms with van der Waals surface area (Å²) in [5, 5.41) is 26.5. The number of amides is 2. The van der Waals surface area contributed by atoms with Gasteiger partial charge in [0.05, 0.1) is 21.5 Å². The van der Waals surface area contributed by atoms with Crippen molar-refractivity contribution in [1.82, 2.24) is 10.6 Å². The van der Waals surface area contributed by atoms with Gasteiger partial charge in [0, 0.05) is 31.6 Å². The Morgan fingerprint density at radius 2 is 1.57 bits per heavy atom. The Bertz CT molecular complexity index is 599. The van der Waals surface area contributed by atoms with E-state index in [1.54, 1.807) is 0 Å². The van der Waals surface area contributed by atoms with Crippen molar-refractivity contribution in [1.29, 1.82) is 0 Å². The largest absolute Gasteiger partial charge is 0.356 e. The summed E-state index contributed by atoms with van der Waals surface area (Å²) >= 11 is 0. The average molecular weight is 324 g/mol. The molecule has 23 heavy (non-hydrogen) atoms. The van der Waals surface area contributed by atoms with Gasteiger partial charge in [-0.15, -0.1) is 0 Å². The van der Waals surface area contributed by atoms with Crippen LogP contribution in [0.3, 0.4) is 0 Å². The van der Waals surface area contributed by atoms with Crippen molar-refractivity contribution in [2.24, 2.45) is 0 Å². The van der Waals surface area contributed by atoms with E-state index in [0.29, 0.717) is 6.54 Å². The summed E-state index contributed by atoms with van der Waals surface area (Å²) in [4.78, 5) is 43.1. The molecule has 0 aromatic heterocycles. The van der Waals surface area contributed by atoms with Crippen molar-refractivity contribution in [2.45, 2.75) is 19.8 Å². The fraction of sp³-hybridized carbons (Fsp3) is 0.385. The summed E-state index contributed by atoms with van der Waals surface area (Å²) < 4.78 is 0. The Morgan fingerprint density at radius 1 is 1.00 bits per heavy atom. The third-order valence-corrected chi connectivity index (χ3v) is 2.80. The van der Waals surface area contributed by atoms with Crippen LogP contribution in [0.1, 0.15) is 30.1 Å². The molecule has 0 spiro atoms. The molecule has 0 fully saturated rings. The summed E-state index contributed by atoms with van der Waals surface area (Å²) in [6.45, 7) is 2.45. The molecule has 1 aromatic carbocycles. The zero-order valence-corrected chi connectivity index (χ0v) is 12.4. The molecule has 2 N–H and O–H groups in total. The molecule has 0 bridgehead atoms. The molecule has 0 unspecified atom stereocenters. The van der Waals surface area contributed by atoms with Crippen LogP contribution in [0.25, 0.3) is 0 Å². The van der Waals surface area contributed by atoms with E-state index >= 15 is 0 Å². The van der Waals surface area contributed by atoms with Gasteiger partial charge in [-0.1, -0.05) is 6.92 Å². The molecular weight excluding hydrogens is 308 g/mol. The number of benzene rings is 1. The van der Waals surface area contributed by atoms with E-state index in [0.717, 1.165) is 24.6 Å². The number of carbonyl (C=O) groups excluding carboxylic acids is 2. The highest BCUT2D eigenvalue weighted by molar-refractivity contribution is 5.95. The Morgan fingerprint density at radius 3 is 2.04 bits per heavy atom. The Balaban J connectivity index is 2.73. The van der Waals surface area contributed by atoms with Crippen molar-refractivity contribution in [3.63, 3.8) is 0 Å². The molecule has 0 aliphatic carbocycles. The maximum absolute atomic E-state index is 11.9. The fourth-order valence-corrected chi connectivity index (χ4v) is 1.68. The number of rotatable bonds is 8. The lowest BCUT2D eigenvalue weighted by atomic mass is 10.1. The standard InChI is InChI=1S/C13H16N4O6/c1-2-4-14-12(18)3-5-15-13(19)9-6-10(16(20)21)8-11(7-9)17(22)23/h6-8H,2-5H2,1H3,(H,14,18)(H,15,19). The molecular formula is C13H16N4O6. The number of carbonyl (C=O) groups is 2. The van der Waals surface area contributed by atoms with E-state index in [9.17, 15) is 29.8 Å². The van der Waals surface area contributed by atoms with Crippen molar-refractivity contribution < 1.29 is 19.4 Å². The summed E-state index contributed by atoms with van der Waals surface area (Å²) in [7, 11) is 0. The highest BCUT2D eigenvalue weighted by Gasteiger charge is 2.19. The lowest BCUT2D eigenvalue weighted by molar-refractivity contribution is -0.394. The van der Waals surface area contributed by atoms with E-state index in [1.807, 2.05) is 6.92 Å². The summed E-state index contributed by atoms with van der Waals surface area (Å²) in [6, 6.07) is 2.66. The number of nitro groups is 2. The number of hydrogen-bond donors (Lipinski definition) is 2. The minimum Gasteiger partial charge on any atom is -0.356 e. The van der Waals surface area contributed by atoms with E-state index in [2.05, 4.69) is 10.6 Å². The van der Waals surface area contributed by atoms with E-state index in [-0.39, 0.29) is 24.4 Å². The maximum Gasteiger partial charge on any atom is 0.277 e. The topological polar surface area (TPSA) is 144 Å². The maximum atomic E-state index is 11.9. The van der Waals surface area contributed by atoms with Gasteiger partial charge in [0.2, 0.25) is 5.91 Å². The first-order chi connectivity index (χ1) is 10.8. The first-order valence-corrected chi connectivity index (χ1v) is 6.84. The zero-order chi connectivity index (χ0) is 17.4. The van der Waals surface area contributed by atoms with E-state index in [4.69, 9.17) is 0 Å². The molecule has 1 rings (SSSR count). The number of nitro benzene ring substituents is 2. The second-order valence-corrected chi connectivity index (χ2v) is 4.61. The van der Waals surface area contributed by atoms with Gasteiger partial charge in [-0.25, -0.2) is 0 Å². The number of hydrogen-bond acceptors (Lipinski definition) is 6. The third-order valence-electron chi connectivity index (χ3n) is 2.80. The average Bonchev–Trinajstić information content (AvgIpc) is 2.52. The second kappa shape index (κ2) is 8.41. The van der Waals surface area contributed by atoms with Crippen LogP contribution in [-0.4, -0.2) is 34.8 Å². The fourth-order valence-electron chi connectivity index (χ4n) is 1.68. The Labute approximate surface area is 131 Å². The third kappa shape index (κ3) is 5.69. The molecule has 0 heterocycles. The summed E-state index contributed by atoms with van der Waals surface area (Å²) in [5.41, 5.74) is -1.31. The lowest BCUT2D eigenvalue weighted by Gasteiger charge is -2.06. The van der Waals surface area contributed by atoms with E-state index < -0.39 is 27.1 Å². The van der Waals surface area contributed by atoms with Gasteiger partial charge in [0.15, 0.2) is 0 Å². The molecule has 0 aliphatic rings. The van der Waals surface area contributed by atoms with Crippen LogP contribution in [0.4, 0.5) is 11.4 Å². The van der Waals surface area contributed by atoms with Crippen LogP contribution in [0.2, 0.25) is 0 Å². The predicted octanol–water partition coefficient (Wildman–Crippen LogP) is 1.15. The Kier molecular flexibility index (Phi) is 6.59. The molecule has 0 atom stereocenters. The molecule has 10 nitrogen and oxygen atoms in total. The van der Waals surface area contributed by atoms with Gasteiger partial charge in [-0.3, -0.25) is 29.8 Å². The number of nitrogens with one attached hydrogen (secondary N) is 2. The second-order valence-electron chi connectivity index (χ2n) is 4.61. The van der Waals surface area contributed by atoms with Crippen molar-refractivity contribution >= 4 is 23.2 Å². The van der Waals surface area contributed by atoms with Crippen LogP contribution in [0, 0.1) is 20.2 Å². The molecule has 0 saturated heterocycles. The normalized spacial score (nSPS) is 9.96. The van der Waals surface area contributed by atoms with Crippen LogP contribution >= 0.6 is 0 Å². The lowest BCUT2D eigenvalue weighted by Crippen LogP contribution is -2.31. The molecule has 124 valence electrons. The monoisotopic (exact) mass is 324 g/mol. The van der Waals surface area contributed by atoms with Crippen molar-refractivity contribution in [3.8, 4) is 0 Å². The quantitative estimate of drug-likeness (QED) is 0.542. The summed E-state index contributed by atoms with van der Waals surface area (Å²) in [6.07, 6.45) is 0.832. The number of nitrogens with zero attached hydrogens (tertiary/aromatic N) is 2. The summed E-state index contributed by atoms with van der Waals surface area (Å²) in [5.74, 6) is -0.961. The van der Waals surface area contributed by atoms with Gasteiger partial charge in [-0.2, -0.15) is 0 Å². The Hall–Kier alpha value is -3.04. The first-order valence-electron chi connectivity index (χ1n) is 6.84. The smallest absolute Gasteiger partial charge is 0.277 e. The van der Waals surface area contributed by atoms with Gasteiger partial charge in [0.25, 0.3) is 17.3 Å². The molecule has 0 aliphatic heterocycles. The minimum absolute atomic E-state index is 0.0187. The predicted molar refractivity (Wildman–Crippen MR) is 80.0 cm³/mol. The van der Waals surface area contributed by atoms with Crippen LogP contribution < -0.4 is 10.6 Å². The van der Waals surface area contributed by atoms with Crippen LogP contribution in [-0.2, 0) is 4.79 Å². The zero-order valence-electron chi connectivity index (χ0n) is 12.4. The van der Waals surface area contributed by atoms with Crippen molar-refractivity contribution in [2.75, 3.05) is 13.1 Å². The molecule has 2 amide bonds. The van der Waals surface area contributed by atoms with E-state index in [1.165, 1.54) is 0 Å².